The Hall–Kier alpha value is -3.33. The monoisotopic (exact) mass is 325 g/mol. The maximum Gasteiger partial charge on any atom is 0.338 e. The van der Waals surface area contributed by atoms with Crippen LogP contribution in [-0.4, -0.2) is 18.1 Å². The molecular weight excluding hydrogens is 310 g/mol. The van der Waals surface area contributed by atoms with Gasteiger partial charge in [-0.05, 0) is 46.2 Å². The fourth-order valence-corrected chi connectivity index (χ4v) is 3.77. The van der Waals surface area contributed by atoms with Gasteiger partial charge in [0.05, 0.1) is 12.7 Å². The largest absolute Gasteiger partial charge is 0.465 e. The summed E-state index contributed by atoms with van der Waals surface area (Å²) in [6.07, 6.45) is 0. The molecule has 0 radical (unpaired) electrons. The first-order valence-corrected chi connectivity index (χ1v) is 8.20. The molecule has 1 N–H and O–H groups in total. The molecule has 3 heteroatoms. The first-order chi connectivity index (χ1) is 12.3. The van der Waals surface area contributed by atoms with Crippen molar-refractivity contribution in [3.63, 3.8) is 0 Å². The van der Waals surface area contributed by atoms with Crippen molar-refractivity contribution >= 4 is 38.5 Å². The van der Waals surface area contributed by atoms with E-state index in [2.05, 4.69) is 47.4 Å². The third kappa shape index (κ3) is 1.96. The quantitative estimate of drug-likeness (QED) is 0.350. The van der Waals surface area contributed by atoms with Crippen molar-refractivity contribution in [3.8, 4) is 11.1 Å². The van der Waals surface area contributed by atoms with Crippen LogP contribution < -0.4 is 0 Å². The number of hydrogen-bond acceptors (Lipinski definition) is 2. The van der Waals surface area contributed by atoms with E-state index in [0.717, 1.165) is 27.5 Å². The van der Waals surface area contributed by atoms with E-state index in [1.54, 1.807) is 6.07 Å². The van der Waals surface area contributed by atoms with Crippen LogP contribution >= 0.6 is 0 Å². The fraction of sp³-hybridized carbons (Fsp3) is 0.0455. The molecule has 0 atom stereocenters. The lowest BCUT2D eigenvalue weighted by Gasteiger charge is -2.10. The molecule has 0 saturated carbocycles. The summed E-state index contributed by atoms with van der Waals surface area (Å²) in [5, 5.41) is 4.91. The topological polar surface area (TPSA) is 42.1 Å². The Morgan fingerprint density at radius 2 is 1.64 bits per heavy atom. The van der Waals surface area contributed by atoms with E-state index in [0.29, 0.717) is 5.56 Å². The number of rotatable bonds is 2. The number of aromatic amines is 1. The molecule has 5 rings (SSSR count). The van der Waals surface area contributed by atoms with Gasteiger partial charge in [0.2, 0.25) is 0 Å². The van der Waals surface area contributed by atoms with Gasteiger partial charge in [-0.15, -0.1) is 0 Å². The number of aromatic nitrogens is 1. The van der Waals surface area contributed by atoms with E-state index in [1.165, 1.54) is 23.3 Å². The second-order valence-corrected chi connectivity index (χ2v) is 6.25. The van der Waals surface area contributed by atoms with E-state index in [-0.39, 0.29) is 5.97 Å². The molecule has 3 nitrogen and oxygen atoms in total. The lowest BCUT2D eigenvalue weighted by Crippen LogP contribution is -2.03. The molecule has 0 fully saturated rings. The van der Waals surface area contributed by atoms with Crippen molar-refractivity contribution in [1.82, 2.24) is 4.98 Å². The molecule has 0 saturated heterocycles. The van der Waals surface area contributed by atoms with E-state index in [1.807, 2.05) is 18.2 Å². The molecule has 0 bridgehead atoms. The van der Waals surface area contributed by atoms with Gasteiger partial charge in [-0.1, -0.05) is 42.5 Å². The Kier molecular flexibility index (Phi) is 2.86. The van der Waals surface area contributed by atoms with Gasteiger partial charge in [-0.3, -0.25) is 0 Å². The Labute approximate surface area is 144 Å². The summed E-state index contributed by atoms with van der Waals surface area (Å²) in [4.78, 5) is 15.6. The van der Waals surface area contributed by atoms with Gasteiger partial charge >= 0.3 is 5.97 Å². The van der Waals surface area contributed by atoms with Gasteiger partial charge in [-0.25, -0.2) is 4.79 Å². The van der Waals surface area contributed by atoms with Crippen LogP contribution in [-0.2, 0) is 4.74 Å². The lowest BCUT2D eigenvalue weighted by atomic mass is 9.95. The van der Waals surface area contributed by atoms with Gasteiger partial charge in [0.15, 0.2) is 0 Å². The van der Waals surface area contributed by atoms with Gasteiger partial charge in [0, 0.05) is 21.8 Å². The zero-order chi connectivity index (χ0) is 17.0. The molecule has 25 heavy (non-hydrogen) atoms. The minimum atomic E-state index is -0.321. The number of H-pyrrole nitrogens is 1. The van der Waals surface area contributed by atoms with Crippen molar-refractivity contribution in [3.05, 3.63) is 72.3 Å². The molecule has 0 unspecified atom stereocenters. The van der Waals surface area contributed by atoms with Crippen molar-refractivity contribution in [2.24, 2.45) is 0 Å². The summed E-state index contributed by atoms with van der Waals surface area (Å²) in [5.74, 6) is -0.321. The van der Waals surface area contributed by atoms with Gasteiger partial charge in [-0.2, -0.15) is 0 Å². The van der Waals surface area contributed by atoms with Gasteiger partial charge < -0.3 is 9.72 Å². The SMILES string of the molecule is COC(=O)c1ccccc1-c1cc2ccc3cccc4[nH]c(c1)c2c34. The van der Waals surface area contributed by atoms with Crippen LogP contribution in [0.25, 0.3) is 43.7 Å². The number of carbonyl (C=O) groups is 1. The molecular formula is C22H15NO2. The molecule has 0 aliphatic rings. The first kappa shape index (κ1) is 14.1. The Morgan fingerprint density at radius 1 is 0.840 bits per heavy atom. The zero-order valence-electron chi connectivity index (χ0n) is 13.7. The second kappa shape index (κ2) is 5.08. The van der Waals surface area contributed by atoms with Gasteiger partial charge in [0.25, 0.3) is 0 Å². The summed E-state index contributed by atoms with van der Waals surface area (Å²) < 4.78 is 4.94. The maximum absolute atomic E-state index is 12.1. The maximum atomic E-state index is 12.1. The van der Waals surface area contributed by atoms with Crippen LogP contribution in [0.5, 0.6) is 0 Å². The number of hydrogen-bond donors (Lipinski definition) is 1. The first-order valence-electron chi connectivity index (χ1n) is 8.20. The average Bonchev–Trinajstić information content (AvgIpc) is 3.05. The molecule has 1 aromatic heterocycles. The summed E-state index contributed by atoms with van der Waals surface area (Å²) in [6.45, 7) is 0. The highest BCUT2D eigenvalue weighted by Crippen LogP contribution is 2.38. The summed E-state index contributed by atoms with van der Waals surface area (Å²) in [5.41, 5.74) is 4.68. The predicted molar refractivity (Wildman–Crippen MR) is 101 cm³/mol. The summed E-state index contributed by atoms with van der Waals surface area (Å²) in [6, 6.07) is 22.4. The van der Waals surface area contributed by atoms with Crippen molar-refractivity contribution in [1.29, 1.82) is 0 Å². The van der Waals surface area contributed by atoms with Crippen LogP contribution in [0.15, 0.2) is 66.7 Å². The molecule has 0 aliphatic carbocycles. The van der Waals surface area contributed by atoms with E-state index in [4.69, 9.17) is 4.74 Å². The highest BCUT2D eigenvalue weighted by molar-refractivity contribution is 6.23. The predicted octanol–water partition coefficient (Wildman–Crippen LogP) is 5.37. The minimum absolute atomic E-state index is 0.321. The second-order valence-electron chi connectivity index (χ2n) is 6.25. The fourth-order valence-electron chi connectivity index (χ4n) is 3.77. The lowest BCUT2D eigenvalue weighted by molar-refractivity contribution is 0.0601. The highest BCUT2D eigenvalue weighted by Gasteiger charge is 2.16. The standard InChI is InChI=1S/C22H15NO2/c1-25-22(24)17-7-3-2-6-16(17)15-11-14-10-9-13-5-4-8-18-20(13)21(14)19(12-15)23-18/h2-12,23H,1H3. The zero-order valence-corrected chi connectivity index (χ0v) is 13.7. The molecule has 0 spiro atoms. The third-order valence-corrected chi connectivity index (χ3v) is 4.87. The van der Waals surface area contributed by atoms with Crippen molar-refractivity contribution in [2.75, 3.05) is 7.11 Å². The van der Waals surface area contributed by atoms with Crippen LogP contribution in [0.1, 0.15) is 10.4 Å². The summed E-state index contributed by atoms with van der Waals surface area (Å²) in [7, 11) is 1.41. The van der Waals surface area contributed by atoms with Crippen molar-refractivity contribution < 1.29 is 9.53 Å². The number of methoxy groups -OCH3 is 1. The van der Waals surface area contributed by atoms with Crippen LogP contribution in [0.4, 0.5) is 0 Å². The Bertz CT molecular complexity index is 1250. The number of ether oxygens (including phenoxy) is 1. The van der Waals surface area contributed by atoms with E-state index < -0.39 is 0 Å². The third-order valence-electron chi connectivity index (χ3n) is 4.87. The Morgan fingerprint density at radius 3 is 2.52 bits per heavy atom. The number of benzene rings is 4. The van der Waals surface area contributed by atoms with Crippen molar-refractivity contribution in [2.45, 2.75) is 0 Å². The molecule has 0 amide bonds. The summed E-state index contributed by atoms with van der Waals surface area (Å²) >= 11 is 0. The molecule has 120 valence electrons. The minimum Gasteiger partial charge on any atom is -0.465 e. The molecule has 4 aromatic carbocycles. The normalized spacial score (nSPS) is 11.6. The van der Waals surface area contributed by atoms with Gasteiger partial charge in [0.1, 0.15) is 0 Å². The average molecular weight is 325 g/mol. The smallest absolute Gasteiger partial charge is 0.338 e. The molecule has 1 heterocycles. The number of nitrogens with one attached hydrogen (secondary N) is 1. The highest BCUT2D eigenvalue weighted by atomic mass is 16.5. The van der Waals surface area contributed by atoms with Crippen LogP contribution in [0, 0.1) is 0 Å². The molecule has 5 aromatic rings. The van der Waals surface area contributed by atoms with Crippen LogP contribution in [0.2, 0.25) is 0 Å². The Balaban J connectivity index is 1.85. The number of esters is 1. The molecule has 0 aliphatic heterocycles. The van der Waals surface area contributed by atoms with E-state index in [9.17, 15) is 4.79 Å². The number of carbonyl (C=O) groups excluding carboxylic acids is 1. The van der Waals surface area contributed by atoms with Crippen LogP contribution in [0.3, 0.4) is 0 Å². The van der Waals surface area contributed by atoms with E-state index >= 15 is 0 Å².